The van der Waals surface area contributed by atoms with E-state index in [-0.39, 0.29) is 24.6 Å². The van der Waals surface area contributed by atoms with Gasteiger partial charge in [0.2, 0.25) is 0 Å². The number of aryl methyl sites for hydroxylation is 1. The highest BCUT2D eigenvalue weighted by molar-refractivity contribution is 5.85. The molecule has 0 spiro atoms. The Morgan fingerprint density at radius 2 is 1.74 bits per heavy atom. The van der Waals surface area contributed by atoms with E-state index in [4.69, 9.17) is 0 Å². The molecule has 0 fully saturated rings. The number of halogens is 4. The molecule has 0 saturated heterocycles. The van der Waals surface area contributed by atoms with Crippen LogP contribution in [0.4, 0.5) is 23.2 Å². The molecule has 0 aliphatic heterocycles. The Morgan fingerprint density at radius 1 is 1.09 bits per heavy atom. The highest BCUT2D eigenvalue weighted by Crippen LogP contribution is 2.29. The fraction of sp³-hybridized carbons (Fsp3) is 0.235. The van der Waals surface area contributed by atoms with Gasteiger partial charge in [-0.05, 0) is 48.4 Å². The number of hydrogen-bond acceptors (Lipinski definition) is 2. The first kappa shape index (κ1) is 17.0. The van der Waals surface area contributed by atoms with Crippen molar-refractivity contribution < 1.29 is 22.4 Å². The zero-order chi connectivity index (χ0) is 17.0. The molecule has 0 atom stereocenters. The normalized spacial score (nSPS) is 11.3. The average molecular weight is 325 g/mol. The van der Waals surface area contributed by atoms with Gasteiger partial charge in [0.15, 0.2) is 5.78 Å². The largest absolute Gasteiger partial charge is 0.416 e. The average Bonchev–Trinajstić information content (AvgIpc) is 2.46. The minimum atomic E-state index is -4.38. The van der Waals surface area contributed by atoms with E-state index in [9.17, 15) is 22.4 Å². The van der Waals surface area contributed by atoms with Gasteiger partial charge >= 0.3 is 6.18 Å². The second kappa shape index (κ2) is 6.81. The fourth-order valence-corrected chi connectivity index (χ4v) is 2.12. The summed E-state index contributed by atoms with van der Waals surface area (Å²) >= 11 is 0. The summed E-state index contributed by atoms with van der Waals surface area (Å²) in [7, 11) is 0. The Morgan fingerprint density at radius 3 is 2.30 bits per heavy atom. The molecule has 0 aliphatic rings. The summed E-state index contributed by atoms with van der Waals surface area (Å²) in [6.07, 6.45) is -4.35. The summed E-state index contributed by atoms with van der Waals surface area (Å²) in [6.45, 7) is 1.74. The van der Waals surface area contributed by atoms with Gasteiger partial charge in [-0.1, -0.05) is 12.1 Å². The minimum Gasteiger partial charge on any atom is -0.378 e. The van der Waals surface area contributed by atoms with E-state index in [2.05, 4.69) is 5.32 Å². The van der Waals surface area contributed by atoms with Crippen LogP contribution >= 0.6 is 0 Å². The Bertz CT molecular complexity index is 693. The number of carbonyl (C=O) groups is 1. The summed E-state index contributed by atoms with van der Waals surface area (Å²) in [4.78, 5) is 11.9. The van der Waals surface area contributed by atoms with Gasteiger partial charge in [0.25, 0.3) is 0 Å². The van der Waals surface area contributed by atoms with Crippen molar-refractivity contribution in [2.24, 2.45) is 0 Å². The van der Waals surface area contributed by atoms with E-state index in [1.54, 1.807) is 6.92 Å². The van der Waals surface area contributed by atoms with E-state index < -0.39 is 11.7 Å². The first-order valence-corrected chi connectivity index (χ1v) is 6.93. The van der Waals surface area contributed by atoms with Crippen LogP contribution in [-0.4, -0.2) is 12.3 Å². The Kier molecular flexibility index (Phi) is 5.03. The molecular formula is C17H15F4NO. The van der Waals surface area contributed by atoms with E-state index >= 15 is 0 Å². The molecule has 0 radical (unpaired) electrons. The maximum Gasteiger partial charge on any atom is 0.416 e. The Labute approximate surface area is 131 Å². The topological polar surface area (TPSA) is 29.1 Å². The zero-order valence-corrected chi connectivity index (χ0v) is 12.4. The van der Waals surface area contributed by atoms with Crippen LogP contribution in [-0.2, 0) is 17.4 Å². The summed E-state index contributed by atoms with van der Waals surface area (Å²) in [6, 6.07) is 8.68. The van der Waals surface area contributed by atoms with Gasteiger partial charge in [-0.25, -0.2) is 4.39 Å². The first-order chi connectivity index (χ1) is 10.8. The molecule has 0 aliphatic carbocycles. The van der Waals surface area contributed by atoms with Gasteiger partial charge in [0.1, 0.15) is 5.82 Å². The van der Waals surface area contributed by atoms with Crippen LogP contribution in [0.5, 0.6) is 0 Å². The molecule has 0 amide bonds. The summed E-state index contributed by atoms with van der Waals surface area (Å²) in [5.74, 6) is -0.530. The predicted molar refractivity (Wildman–Crippen MR) is 79.8 cm³/mol. The number of alkyl halides is 3. The lowest BCUT2D eigenvalue weighted by atomic mass is 10.1. The monoisotopic (exact) mass is 325 g/mol. The number of nitrogens with one attached hydrogen (secondary N) is 1. The Hall–Kier alpha value is -2.37. The zero-order valence-electron chi connectivity index (χ0n) is 12.4. The van der Waals surface area contributed by atoms with E-state index in [1.165, 1.54) is 30.3 Å². The molecule has 0 unspecified atom stereocenters. The molecule has 2 aromatic carbocycles. The molecule has 0 saturated carbocycles. The van der Waals surface area contributed by atoms with Crippen molar-refractivity contribution in [3.63, 3.8) is 0 Å². The first-order valence-electron chi connectivity index (χ1n) is 6.93. The molecule has 0 aromatic heterocycles. The highest BCUT2D eigenvalue weighted by Gasteiger charge is 2.29. The lowest BCUT2D eigenvalue weighted by Crippen LogP contribution is -2.16. The van der Waals surface area contributed by atoms with Crippen LogP contribution in [0.3, 0.4) is 0 Å². The third-order valence-corrected chi connectivity index (χ3v) is 3.35. The number of hydrogen-bond donors (Lipinski definition) is 1. The van der Waals surface area contributed by atoms with Crippen molar-refractivity contribution in [3.05, 3.63) is 65.0 Å². The summed E-state index contributed by atoms with van der Waals surface area (Å²) < 4.78 is 50.3. The molecule has 23 heavy (non-hydrogen) atoms. The van der Waals surface area contributed by atoms with Crippen LogP contribution < -0.4 is 5.32 Å². The van der Waals surface area contributed by atoms with Crippen LogP contribution in [0.15, 0.2) is 42.5 Å². The third-order valence-electron chi connectivity index (χ3n) is 3.35. The van der Waals surface area contributed by atoms with E-state index in [0.717, 1.165) is 12.1 Å². The third kappa shape index (κ3) is 4.81. The maximum absolute atomic E-state index is 13.0. The maximum atomic E-state index is 13.0. The smallest absolute Gasteiger partial charge is 0.378 e. The van der Waals surface area contributed by atoms with E-state index in [1.807, 2.05) is 0 Å². The molecule has 2 aromatic rings. The fourth-order valence-electron chi connectivity index (χ4n) is 2.12. The number of anilines is 1. The van der Waals surface area contributed by atoms with Crippen molar-refractivity contribution in [1.82, 2.24) is 0 Å². The number of benzene rings is 2. The van der Waals surface area contributed by atoms with Gasteiger partial charge in [0, 0.05) is 12.1 Å². The van der Waals surface area contributed by atoms with Crippen molar-refractivity contribution in [3.8, 4) is 0 Å². The lowest BCUT2D eigenvalue weighted by Gasteiger charge is -2.10. The van der Waals surface area contributed by atoms with Gasteiger partial charge in [-0.3, -0.25) is 4.79 Å². The quantitative estimate of drug-likeness (QED) is 0.827. The van der Waals surface area contributed by atoms with Crippen LogP contribution in [0, 0.1) is 12.7 Å². The molecule has 122 valence electrons. The second-order valence-electron chi connectivity index (χ2n) is 5.22. The van der Waals surface area contributed by atoms with Crippen LogP contribution in [0.1, 0.15) is 16.7 Å². The molecule has 2 nitrogen and oxygen atoms in total. The summed E-state index contributed by atoms with van der Waals surface area (Å²) in [5, 5.41) is 2.90. The SMILES string of the molecule is Cc1cc(F)ccc1NCC(=O)Cc1ccc(C(F)(F)F)cc1. The van der Waals surface area contributed by atoms with Crippen molar-refractivity contribution in [1.29, 1.82) is 0 Å². The number of rotatable bonds is 5. The standard InChI is InChI=1S/C17H15F4NO/c1-11-8-14(18)6-7-16(11)22-10-15(23)9-12-2-4-13(5-3-12)17(19,20)21/h2-8,22H,9-10H2,1H3. The van der Waals surface area contributed by atoms with Gasteiger partial charge in [-0.15, -0.1) is 0 Å². The molecule has 2 rings (SSSR count). The molecule has 0 bridgehead atoms. The highest BCUT2D eigenvalue weighted by atomic mass is 19.4. The molecule has 1 N–H and O–H groups in total. The van der Waals surface area contributed by atoms with Crippen molar-refractivity contribution in [2.45, 2.75) is 19.5 Å². The molecule has 0 heterocycles. The van der Waals surface area contributed by atoms with Gasteiger partial charge in [0.05, 0.1) is 12.1 Å². The van der Waals surface area contributed by atoms with E-state index in [0.29, 0.717) is 16.8 Å². The molecular weight excluding hydrogens is 310 g/mol. The Balaban J connectivity index is 1.92. The number of ketones is 1. The van der Waals surface area contributed by atoms with Gasteiger partial charge in [-0.2, -0.15) is 13.2 Å². The minimum absolute atomic E-state index is 0.0213. The molecule has 6 heteroatoms. The summed E-state index contributed by atoms with van der Waals surface area (Å²) in [5.41, 5.74) is 1.09. The van der Waals surface area contributed by atoms with Crippen molar-refractivity contribution >= 4 is 11.5 Å². The van der Waals surface area contributed by atoms with Crippen LogP contribution in [0.25, 0.3) is 0 Å². The number of Topliss-reactive ketones (excluding diaryl/α,β-unsaturated/α-hetero) is 1. The van der Waals surface area contributed by atoms with Crippen molar-refractivity contribution in [2.75, 3.05) is 11.9 Å². The van der Waals surface area contributed by atoms with Crippen LogP contribution in [0.2, 0.25) is 0 Å². The van der Waals surface area contributed by atoms with Gasteiger partial charge < -0.3 is 5.32 Å². The second-order valence-corrected chi connectivity index (χ2v) is 5.22. The predicted octanol–water partition coefficient (Wildman–Crippen LogP) is 4.38. The lowest BCUT2D eigenvalue weighted by molar-refractivity contribution is -0.137. The number of carbonyl (C=O) groups excluding carboxylic acids is 1.